The normalized spacial score (nSPS) is 18.2. The standard InChI is InChI=1S/C17H22F3NO3/c1-15(2,12-4-3-5-13(10-12)17(18,19)20)14(22)21-11-16(23)6-8-24-9-7-16/h3-5,10,23H,6-9,11H2,1-2H3,(H,21,22). The number of carbonyl (C=O) groups excluding carboxylic acids is 1. The van der Waals surface area contributed by atoms with E-state index in [2.05, 4.69) is 5.32 Å². The van der Waals surface area contributed by atoms with Gasteiger partial charge in [0.25, 0.3) is 0 Å². The minimum atomic E-state index is -4.46. The molecule has 0 radical (unpaired) electrons. The van der Waals surface area contributed by atoms with Gasteiger partial charge < -0.3 is 15.2 Å². The van der Waals surface area contributed by atoms with Crippen molar-refractivity contribution in [2.75, 3.05) is 19.8 Å². The Labute approximate surface area is 139 Å². The van der Waals surface area contributed by atoms with Crippen LogP contribution in [0.25, 0.3) is 0 Å². The zero-order valence-electron chi connectivity index (χ0n) is 13.7. The molecule has 1 saturated heterocycles. The summed E-state index contributed by atoms with van der Waals surface area (Å²) < 4.78 is 43.7. The monoisotopic (exact) mass is 345 g/mol. The molecule has 1 aromatic rings. The molecule has 1 aliphatic rings. The van der Waals surface area contributed by atoms with E-state index in [1.807, 2.05) is 0 Å². The number of aliphatic hydroxyl groups is 1. The van der Waals surface area contributed by atoms with Gasteiger partial charge in [-0.15, -0.1) is 0 Å². The number of nitrogens with one attached hydrogen (secondary N) is 1. The highest BCUT2D eigenvalue weighted by molar-refractivity contribution is 5.87. The Kier molecular flexibility index (Phi) is 5.25. The Morgan fingerprint density at radius 1 is 1.25 bits per heavy atom. The number of amides is 1. The molecule has 24 heavy (non-hydrogen) atoms. The van der Waals surface area contributed by atoms with Crippen molar-refractivity contribution in [3.8, 4) is 0 Å². The Morgan fingerprint density at radius 2 is 1.83 bits per heavy atom. The Hall–Kier alpha value is -1.60. The fraction of sp³-hybridized carbons (Fsp3) is 0.588. The van der Waals surface area contributed by atoms with Crippen LogP contribution in [0.15, 0.2) is 24.3 Å². The van der Waals surface area contributed by atoms with Gasteiger partial charge in [-0.2, -0.15) is 13.2 Å². The van der Waals surface area contributed by atoms with Crippen LogP contribution >= 0.6 is 0 Å². The average molecular weight is 345 g/mol. The van der Waals surface area contributed by atoms with Gasteiger partial charge in [-0.05, 0) is 25.5 Å². The fourth-order valence-corrected chi connectivity index (χ4v) is 2.61. The van der Waals surface area contributed by atoms with Crippen molar-refractivity contribution in [3.63, 3.8) is 0 Å². The molecule has 1 fully saturated rings. The third-order valence-electron chi connectivity index (χ3n) is 4.48. The molecule has 0 bridgehead atoms. The molecular formula is C17H22F3NO3. The molecule has 2 rings (SSSR count). The second kappa shape index (κ2) is 6.72. The van der Waals surface area contributed by atoms with Gasteiger partial charge in [0.15, 0.2) is 0 Å². The number of ether oxygens (including phenoxy) is 1. The maximum absolute atomic E-state index is 12.9. The van der Waals surface area contributed by atoms with E-state index >= 15 is 0 Å². The SMILES string of the molecule is CC(C)(C(=O)NCC1(O)CCOCC1)c1cccc(C(F)(F)F)c1. The Morgan fingerprint density at radius 3 is 2.42 bits per heavy atom. The molecule has 0 saturated carbocycles. The largest absolute Gasteiger partial charge is 0.416 e. The third-order valence-corrected chi connectivity index (χ3v) is 4.48. The van der Waals surface area contributed by atoms with Crippen molar-refractivity contribution < 1.29 is 27.8 Å². The first-order chi connectivity index (χ1) is 11.0. The van der Waals surface area contributed by atoms with Gasteiger partial charge in [-0.25, -0.2) is 0 Å². The van der Waals surface area contributed by atoms with E-state index in [1.165, 1.54) is 12.1 Å². The summed E-state index contributed by atoms with van der Waals surface area (Å²) in [5.41, 5.74) is -2.70. The number of hydrogen-bond acceptors (Lipinski definition) is 3. The van der Waals surface area contributed by atoms with Gasteiger partial charge >= 0.3 is 6.18 Å². The van der Waals surface area contributed by atoms with Crippen molar-refractivity contribution in [1.82, 2.24) is 5.32 Å². The van der Waals surface area contributed by atoms with Crippen LogP contribution in [0.4, 0.5) is 13.2 Å². The quantitative estimate of drug-likeness (QED) is 0.882. The third kappa shape index (κ3) is 4.27. The number of carbonyl (C=O) groups is 1. The zero-order valence-corrected chi connectivity index (χ0v) is 13.7. The second-order valence-electron chi connectivity index (χ2n) is 6.72. The summed E-state index contributed by atoms with van der Waals surface area (Å²) in [6.07, 6.45) is -3.63. The molecule has 1 aliphatic heterocycles. The van der Waals surface area contributed by atoms with Crippen LogP contribution in [-0.2, 0) is 21.1 Å². The van der Waals surface area contributed by atoms with Gasteiger partial charge in [-0.3, -0.25) is 4.79 Å². The summed E-state index contributed by atoms with van der Waals surface area (Å²) in [5.74, 6) is -0.429. The van der Waals surface area contributed by atoms with E-state index in [-0.39, 0.29) is 12.1 Å². The lowest BCUT2D eigenvalue weighted by atomic mass is 9.82. The highest BCUT2D eigenvalue weighted by Gasteiger charge is 2.36. The van der Waals surface area contributed by atoms with Crippen LogP contribution < -0.4 is 5.32 Å². The molecule has 0 atom stereocenters. The van der Waals surface area contributed by atoms with E-state index in [9.17, 15) is 23.1 Å². The Bertz CT molecular complexity index is 593. The van der Waals surface area contributed by atoms with Crippen molar-refractivity contribution >= 4 is 5.91 Å². The van der Waals surface area contributed by atoms with E-state index in [0.29, 0.717) is 26.1 Å². The van der Waals surface area contributed by atoms with Crippen LogP contribution in [0.2, 0.25) is 0 Å². The molecular weight excluding hydrogens is 323 g/mol. The molecule has 134 valence electrons. The van der Waals surface area contributed by atoms with E-state index in [0.717, 1.165) is 12.1 Å². The van der Waals surface area contributed by atoms with Crippen LogP contribution in [0.5, 0.6) is 0 Å². The Balaban J connectivity index is 2.10. The highest BCUT2D eigenvalue weighted by Crippen LogP contribution is 2.33. The lowest BCUT2D eigenvalue weighted by molar-refractivity contribution is -0.138. The molecule has 7 heteroatoms. The first kappa shape index (κ1) is 18.7. The molecule has 1 aromatic carbocycles. The summed E-state index contributed by atoms with van der Waals surface area (Å²) in [6, 6.07) is 4.75. The predicted molar refractivity (Wildman–Crippen MR) is 82.5 cm³/mol. The molecule has 1 amide bonds. The molecule has 0 spiro atoms. The second-order valence-corrected chi connectivity index (χ2v) is 6.72. The highest BCUT2D eigenvalue weighted by atomic mass is 19.4. The van der Waals surface area contributed by atoms with Crippen LogP contribution in [0.3, 0.4) is 0 Å². The summed E-state index contributed by atoms with van der Waals surface area (Å²) in [4.78, 5) is 12.5. The maximum atomic E-state index is 12.9. The van der Waals surface area contributed by atoms with Crippen LogP contribution in [0.1, 0.15) is 37.8 Å². The van der Waals surface area contributed by atoms with Crippen molar-refractivity contribution in [1.29, 1.82) is 0 Å². The van der Waals surface area contributed by atoms with Crippen LogP contribution in [0, 0.1) is 0 Å². The summed E-state index contributed by atoms with van der Waals surface area (Å²) in [5, 5.41) is 13.0. The molecule has 0 aromatic heterocycles. The average Bonchev–Trinajstić information content (AvgIpc) is 2.52. The molecule has 1 heterocycles. The van der Waals surface area contributed by atoms with Gasteiger partial charge in [0.2, 0.25) is 5.91 Å². The first-order valence-electron chi connectivity index (χ1n) is 7.81. The lowest BCUT2D eigenvalue weighted by Crippen LogP contribution is -2.50. The van der Waals surface area contributed by atoms with Gasteiger partial charge in [0.1, 0.15) is 0 Å². The minimum absolute atomic E-state index is 0.0532. The topological polar surface area (TPSA) is 58.6 Å². The molecule has 4 nitrogen and oxygen atoms in total. The van der Waals surface area contributed by atoms with Gasteiger partial charge in [-0.1, -0.05) is 18.2 Å². The van der Waals surface area contributed by atoms with Crippen molar-refractivity contribution in [2.45, 2.75) is 43.9 Å². The number of benzene rings is 1. The number of alkyl halides is 3. The van der Waals surface area contributed by atoms with Crippen molar-refractivity contribution in [2.24, 2.45) is 0 Å². The van der Waals surface area contributed by atoms with Crippen molar-refractivity contribution in [3.05, 3.63) is 35.4 Å². The number of hydrogen-bond donors (Lipinski definition) is 2. The summed E-state index contributed by atoms with van der Waals surface area (Å²) in [6.45, 7) is 4.02. The van der Waals surface area contributed by atoms with Gasteiger partial charge in [0, 0.05) is 32.6 Å². The smallest absolute Gasteiger partial charge is 0.388 e. The van der Waals surface area contributed by atoms with Crippen LogP contribution in [-0.4, -0.2) is 36.4 Å². The van der Waals surface area contributed by atoms with Gasteiger partial charge in [0.05, 0.1) is 16.6 Å². The predicted octanol–water partition coefficient (Wildman–Crippen LogP) is 2.64. The van der Waals surface area contributed by atoms with E-state index in [4.69, 9.17) is 4.74 Å². The van der Waals surface area contributed by atoms with E-state index in [1.54, 1.807) is 13.8 Å². The molecule has 2 N–H and O–H groups in total. The molecule has 0 aliphatic carbocycles. The summed E-state index contributed by atoms with van der Waals surface area (Å²) in [7, 11) is 0. The summed E-state index contributed by atoms with van der Waals surface area (Å²) >= 11 is 0. The first-order valence-corrected chi connectivity index (χ1v) is 7.81. The maximum Gasteiger partial charge on any atom is 0.416 e. The number of halogens is 3. The van der Waals surface area contributed by atoms with E-state index < -0.39 is 28.7 Å². The zero-order chi connectivity index (χ0) is 18.0. The minimum Gasteiger partial charge on any atom is -0.388 e. The lowest BCUT2D eigenvalue weighted by Gasteiger charge is -2.33. The fourth-order valence-electron chi connectivity index (χ4n) is 2.61. The number of rotatable bonds is 4. The molecule has 0 unspecified atom stereocenters.